The van der Waals surface area contributed by atoms with E-state index in [2.05, 4.69) is 15.6 Å². The van der Waals surface area contributed by atoms with E-state index in [1.165, 1.54) is 20.8 Å². The molecule has 0 aliphatic heterocycles. The van der Waals surface area contributed by atoms with Gasteiger partial charge in [0.1, 0.15) is 0 Å². The van der Waals surface area contributed by atoms with Crippen LogP contribution in [0.1, 0.15) is 40.5 Å². The molecule has 0 N–H and O–H groups in total. The van der Waals surface area contributed by atoms with Crippen molar-refractivity contribution in [3.8, 4) is 0 Å². The number of allylic oxidation sites excluding steroid dienone is 2. The highest BCUT2D eigenvalue weighted by Crippen LogP contribution is 2.63. The van der Waals surface area contributed by atoms with Crippen LogP contribution in [0, 0.1) is 0 Å². The number of sulfone groups is 1. The topological polar surface area (TPSA) is 69.7 Å². The normalized spacial score (nSPS) is 14.1. The van der Waals surface area contributed by atoms with Crippen LogP contribution in [-0.2, 0) is 23.4 Å². The zero-order chi connectivity index (χ0) is 18.3. The maximum atomic E-state index is 14.4. The molecule has 0 atom stereocenters. The maximum Gasteiger partial charge on any atom is 0.403 e. The van der Waals surface area contributed by atoms with Gasteiger partial charge in [-0.2, -0.15) is 8.78 Å². The van der Waals surface area contributed by atoms with Crippen LogP contribution >= 0.6 is 7.60 Å². The fourth-order valence-corrected chi connectivity index (χ4v) is 4.93. The quantitative estimate of drug-likeness (QED) is 0.393. The van der Waals surface area contributed by atoms with Gasteiger partial charge in [0.2, 0.25) is 0 Å². The molecule has 0 spiro atoms. The summed E-state index contributed by atoms with van der Waals surface area (Å²) in [5.41, 5.74) is -4.13. The van der Waals surface area contributed by atoms with Crippen LogP contribution < -0.4 is 0 Å². The summed E-state index contributed by atoms with van der Waals surface area (Å²) in [7, 11) is -8.78. The highest BCUT2D eigenvalue weighted by atomic mass is 32.2. The summed E-state index contributed by atoms with van der Waals surface area (Å²) in [6, 6.07) is 0. The maximum absolute atomic E-state index is 14.4. The van der Waals surface area contributed by atoms with Crippen molar-refractivity contribution in [3.05, 3.63) is 23.1 Å². The summed E-state index contributed by atoms with van der Waals surface area (Å²) >= 11 is 0. The molecule has 0 aliphatic rings. The van der Waals surface area contributed by atoms with Gasteiger partial charge in [-0.1, -0.05) is 19.9 Å². The van der Waals surface area contributed by atoms with Crippen LogP contribution in [0.15, 0.2) is 23.1 Å². The SMILES string of the molecule is C=C(C)/C(=C\C(F)(F)P(=O)(OCC)OCC)S(=O)(=O)CCCC. The van der Waals surface area contributed by atoms with E-state index < -0.39 is 28.0 Å². The lowest BCUT2D eigenvalue weighted by Crippen LogP contribution is -2.21. The second-order valence-corrected chi connectivity index (χ2v) is 9.07. The predicted molar refractivity (Wildman–Crippen MR) is 87.4 cm³/mol. The Balaban J connectivity index is 5.97. The minimum absolute atomic E-state index is 0.0553. The fourth-order valence-electron chi connectivity index (χ4n) is 1.71. The average molecular weight is 374 g/mol. The Kier molecular flexibility index (Phi) is 8.84. The van der Waals surface area contributed by atoms with E-state index in [0.717, 1.165) is 0 Å². The molecule has 0 aromatic carbocycles. The fraction of sp³-hybridized carbons (Fsp3) is 0.714. The molecule has 0 rings (SSSR count). The third kappa shape index (κ3) is 6.10. The Labute approximate surface area is 137 Å². The second kappa shape index (κ2) is 9.06. The van der Waals surface area contributed by atoms with Crippen molar-refractivity contribution in [1.82, 2.24) is 0 Å². The van der Waals surface area contributed by atoms with E-state index in [-0.39, 0.29) is 30.6 Å². The smallest absolute Gasteiger partial charge is 0.304 e. The van der Waals surface area contributed by atoms with Crippen LogP contribution in [0.3, 0.4) is 0 Å². The number of unbranched alkanes of at least 4 members (excludes halogenated alkanes) is 1. The molecule has 0 saturated heterocycles. The lowest BCUT2D eigenvalue weighted by Gasteiger charge is -2.24. The van der Waals surface area contributed by atoms with Crippen molar-refractivity contribution < 1.29 is 30.8 Å². The van der Waals surface area contributed by atoms with Gasteiger partial charge in [0.15, 0.2) is 9.84 Å². The Bertz CT molecular complexity index is 574. The molecule has 0 aromatic heterocycles. The first-order chi connectivity index (χ1) is 10.5. The Morgan fingerprint density at radius 3 is 2.04 bits per heavy atom. The minimum atomic E-state index is -4.83. The van der Waals surface area contributed by atoms with Gasteiger partial charge in [0.05, 0.1) is 23.9 Å². The average Bonchev–Trinajstić information content (AvgIpc) is 2.42. The summed E-state index contributed by atoms with van der Waals surface area (Å²) < 4.78 is 74.8. The highest BCUT2D eigenvalue weighted by molar-refractivity contribution is 7.95. The zero-order valence-corrected chi connectivity index (χ0v) is 15.7. The molecule has 0 saturated carbocycles. The largest absolute Gasteiger partial charge is 0.403 e. The molecule has 23 heavy (non-hydrogen) atoms. The monoisotopic (exact) mass is 374 g/mol. The molecule has 0 fully saturated rings. The molecule has 0 heterocycles. The van der Waals surface area contributed by atoms with E-state index in [1.54, 1.807) is 6.92 Å². The van der Waals surface area contributed by atoms with E-state index in [0.29, 0.717) is 12.8 Å². The van der Waals surface area contributed by atoms with E-state index in [9.17, 15) is 21.8 Å². The molecule has 9 heteroatoms. The summed E-state index contributed by atoms with van der Waals surface area (Å²) in [5.74, 6) is -0.286. The van der Waals surface area contributed by atoms with Crippen LogP contribution in [0.25, 0.3) is 0 Å². The molecule has 0 unspecified atom stereocenters. The molecule has 0 radical (unpaired) electrons. The van der Waals surface area contributed by atoms with Crippen molar-refractivity contribution in [1.29, 1.82) is 0 Å². The first kappa shape index (κ1) is 22.4. The second-order valence-electron chi connectivity index (χ2n) is 4.88. The van der Waals surface area contributed by atoms with Crippen molar-refractivity contribution in [2.45, 2.75) is 46.2 Å². The molecular weight excluding hydrogens is 349 g/mol. The zero-order valence-electron chi connectivity index (χ0n) is 14.0. The summed E-state index contributed by atoms with van der Waals surface area (Å²) in [5, 5.41) is 0. The highest BCUT2D eigenvalue weighted by Gasteiger charge is 2.52. The molecule has 0 aromatic rings. The summed E-state index contributed by atoms with van der Waals surface area (Å²) in [4.78, 5) is -0.629. The standard InChI is InChI=1S/C14H25F2O5PS/c1-6-9-10-23(18,19)13(12(4)5)11-14(15,16)22(17,20-7-2)21-8-3/h11H,4,6-10H2,1-3,5H3/b13-11+. The minimum Gasteiger partial charge on any atom is -0.304 e. The first-order valence-electron chi connectivity index (χ1n) is 7.36. The van der Waals surface area contributed by atoms with Crippen LogP contribution in [0.2, 0.25) is 0 Å². The third-order valence-corrected chi connectivity index (χ3v) is 6.81. The molecule has 0 bridgehead atoms. The van der Waals surface area contributed by atoms with Gasteiger partial charge in [0.25, 0.3) is 0 Å². The van der Waals surface area contributed by atoms with E-state index in [1.807, 2.05) is 0 Å². The number of hydrogen-bond donors (Lipinski definition) is 0. The van der Waals surface area contributed by atoms with Gasteiger partial charge < -0.3 is 9.05 Å². The van der Waals surface area contributed by atoms with Crippen LogP contribution in [0.4, 0.5) is 8.78 Å². The Morgan fingerprint density at radius 2 is 1.70 bits per heavy atom. The van der Waals surface area contributed by atoms with Crippen molar-refractivity contribution in [2.24, 2.45) is 0 Å². The number of hydrogen-bond acceptors (Lipinski definition) is 5. The van der Waals surface area contributed by atoms with E-state index >= 15 is 0 Å². The molecule has 0 amide bonds. The molecule has 136 valence electrons. The first-order valence-corrected chi connectivity index (χ1v) is 10.5. The van der Waals surface area contributed by atoms with E-state index in [4.69, 9.17) is 0 Å². The Morgan fingerprint density at radius 1 is 1.22 bits per heavy atom. The third-order valence-electron chi connectivity index (χ3n) is 2.79. The predicted octanol–water partition coefficient (Wildman–Crippen LogP) is 4.52. The molecule has 0 aliphatic carbocycles. The van der Waals surface area contributed by atoms with Gasteiger partial charge in [-0.3, -0.25) is 4.57 Å². The van der Waals surface area contributed by atoms with Crippen molar-refractivity contribution in [2.75, 3.05) is 19.0 Å². The van der Waals surface area contributed by atoms with Crippen molar-refractivity contribution >= 4 is 17.4 Å². The van der Waals surface area contributed by atoms with Crippen LogP contribution in [0.5, 0.6) is 0 Å². The van der Waals surface area contributed by atoms with Gasteiger partial charge >= 0.3 is 13.3 Å². The number of halogens is 2. The Hall–Kier alpha value is -0.560. The number of alkyl halides is 2. The number of rotatable bonds is 11. The molecular formula is C14H25F2O5PS. The van der Waals surface area contributed by atoms with Gasteiger partial charge in [-0.25, -0.2) is 8.42 Å². The van der Waals surface area contributed by atoms with Crippen molar-refractivity contribution in [3.63, 3.8) is 0 Å². The lowest BCUT2D eigenvalue weighted by atomic mass is 10.3. The van der Waals surface area contributed by atoms with Gasteiger partial charge in [-0.15, -0.1) is 0 Å². The summed E-state index contributed by atoms with van der Waals surface area (Å²) in [6.45, 7) is 8.79. The van der Waals surface area contributed by atoms with Gasteiger partial charge in [0, 0.05) is 6.08 Å². The molecule has 5 nitrogen and oxygen atoms in total. The van der Waals surface area contributed by atoms with Crippen LogP contribution in [-0.4, -0.2) is 33.0 Å². The van der Waals surface area contributed by atoms with Gasteiger partial charge in [-0.05, 0) is 32.8 Å². The summed E-state index contributed by atoms with van der Waals surface area (Å²) in [6.07, 6.45) is 1.06. The lowest BCUT2D eigenvalue weighted by molar-refractivity contribution is 0.0791.